The number of aromatic nitrogens is 4. The number of pyridine rings is 1. The van der Waals surface area contributed by atoms with E-state index in [2.05, 4.69) is 20.4 Å². The third-order valence-electron chi connectivity index (χ3n) is 7.17. The van der Waals surface area contributed by atoms with E-state index in [0.29, 0.717) is 17.1 Å². The first-order valence-corrected chi connectivity index (χ1v) is 15.3. The third-order valence-corrected chi connectivity index (χ3v) is 7.17. The monoisotopic (exact) mass is 714 g/mol. The number of urea groups is 1. The van der Waals surface area contributed by atoms with Crippen molar-refractivity contribution in [3.05, 3.63) is 66.3 Å². The number of carbonyl (C=O) groups is 4. The van der Waals surface area contributed by atoms with Crippen LogP contribution in [0.1, 0.15) is 41.6 Å². The summed E-state index contributed by atoms with van der Waals surface area (Å²) < 4.78 is 57.0. The molecule has 1 aliphatic rings. The number of nitrogens with zero attached hydrogens (tertiary/aromatic N) is 7. The van der Waals surface area contributed by atoms with Crippen LogP contribution in [-0.4, -0.2) is 105 Å². The number of halogens is 3. The van der Waals surface area contributed by atoms with Gasteiger partial charge in [-0.2, -0.15) is 13.2 Å². The molecule has 2 N–H and O–H groups in total. The van der Waals surface area contributed by atoms with Crippen LogP contribution in [0.5, 0.6) is 0 Å². The summed E-state index contributed by atoms with van der Waals surface area (Å²) >= 11 is 0. The quantitative estimate of drug-likeness (QED) is 0.221. The average molecular weight is 715 g/mol. The van der Waals surface area contributed by atoms with Gasteiger partial charge in [-0.3, -0.25) is 14.6 Å². The number of ether oxygens (including phenoxy) is 2. The van der Waals surface area contributed by atoms with Crippen LogP contribution in [-0.2, 0) is 9.47 Å². The van der Waals surface area contributed by atoms with Crippen molar-refractivity contribution >= 4 is 41.3 Å². The Balaban J connectivity index is 1.42. The summed E-state index contributed by atoms with van der Waals surface area (Å²) in [6.45, 7) is 3.18. The summed E-state index contributed by atoms with van der Waals surface area (Å²) in [5, 5.41) is 16.5. The molecule has 0 atom stereocenters. The van der Waals surface area contributed by atoms with E-state index in [-0.39, 0.29) is 53.9 Å². The Kier molecular flexibility index (Phi) is 10.3. The topological polar surface area (TPSA) is 185 Å². The van der Waals surface area contributed by atoms with Gasteiger partial charge in [-0.1, -0.05) is 0 Å². The Morgan fingerprint density at radius 1 is 1.10 bits per heavy atom. The number of amides is 4. The highest BCUT2D eigenvalue weighted by Crippen LogP contribution is 2.31. The van der Waals surface area contributed by atoms with Gasteiger partial charge in [0.15, 0.2) is 11.5 Å². The number of alkyl halides is 3. The van der Waals surface area contributed by atoms with E-state index in [1.54, 1.807) is 12.1 Å². The molecule has 270 valence electrons. The van der Waals surface area contributed by atoms with Crippen molar-refractivity contribution in [2.24, 2.45) is 0 Å². The van der Waals surface area contributed by atoms with Crippen molar-refractivity contribution in [2.75, 3.05) is 55.0 Å². The number of β-amino-alcohol motifs (C(OH)–C–C–N with tert-alkyl or cyclic N) is 1. The molecule has 4 amide bonds. The van der Waals surface area contributed by atoms with E-state index in [0.717, 1.165) is 18.5 Å². The predicted octanol–water partition coefficient (Wildman–Crippen LogP) is 4.50. The minimum atomic E-state index is -4.78. The molecular formula is C32H33F3N8O8. The molecule has 4 heterocycles. The molecule has 0 unspecified atom stereocenters. The van der Waals surface area contributed by atoms with Gasteiger partial charge in [0.05, 0.1) is 31.2 Å². The highest BCUT2D eigenvalue weighted by atomic mass is 19.4. The van der Waals surface area contributed by atoms with Crippen LogP contribution in [0.3, 0.4) is 0 Å². The van der Waals surface area contributed by atoms with E-state index in [9.17, 15) is 37.5 Å². The zero-order chi connectivity index (χ0) is 37.1. The van der Waals surface area contributed by atoms with E-state index >= 15 is 0 Å². The first kappa shape index (κ1) is 36.3. The standard InChI is InChI=1S/C32H33F3N8O8/c1-31(2,3)51-30(48)42(18-32(33,34)35)24-15-20(9-10-36-24)27-38-23(17-50-27)26(45)37-22-16-43(21-7-5-19(6-8-21)28(46)49-4)39-25(22)41-12-11-40(13-14-44)29(41)47/h5-10,15-17,44H,11-14,18H2,1-4H3,(H,37,45). The first-order chi connectivity index (χ1) is 24.1. The Morgan fingerprint density at radius 3 is 2.47 bits per heavy atom. The van der Waals surface area contributed by atoms with E-state index in [1.807, 2.05) is 0 Å². The van der Waals surface area contributed by atoms with Gasteiger partial charge < -0.3 is 29.2 Å². The summed E-state index contributed by atoms with van der Waals surface area (Å²) in [4.78, 5) is 62.3. The fraction of sp³-hybridized carbons (Fsp3) is 0.344. The second kappa shape index (κ2) is 14.5. The van der Waals surface area contributed by atoms with Crippen LogP contribution in [0, 0.1) is 0 Å². The van der Waals surface area contributed by atoms with E-state index < -0.39 is 48.1 Å². The molecule has 19 heteroatoms. The smallest absolute Gasteiger partial charge is 0.416 e. The lowest BCUT2D eigenvalue weighted by atomic mass is 10.2. The largest absolute Gasteiger partial charge is 0.465 e. The number of methoxy groups -OCH3 is 1. The van der Waals surface area contributed by atoms with Gasteiger partial charge in [0.25, 0.3) is 5.91 Å². The number of aliphatic hydroxyl groups excluding tert-OH is 1. The van der Waals surface area contributed by atoms with Gasteiger partial charge in [0.2, 0.25) is 5.89 Å². The Bertz CT molecular complexity index is 1920. The molecule has 0 bridgehead atoms. The molecule has 51 heavy (non-hydrogen) atoms. The molecule has 1 aliphatic heterocycles. The van der Waals surface area contributed by atoms with Gasteiger partial charge >= 0.3 is 24.3 Å². The number of anilines is 3. The maximum atomic E-state index is 13.5. The summed E-state index contributed by atoms with van der Waals surface area (Å²) in [5.74, 6) is -1.81. The number of hydrogen-bond donors (Lipinski definition) is 2. The van der Waals surface area contributed by atoms with Crippen molar-refractivity contribution in [1.82, 2.24) is 24.6 Å². The van der Waals surface area contributed by atoms with Crippen LogP contribution in [0.4, 0.5) is 40.1 Å². The minimum Gasteiger partial charge on any atom is -0.465 e. The zero-order valence-electron chi connectivity index (χ0n) is 27.8. The summed E-state index contributed by atoms with van der Waals surface area (Å²) in [6, 6.07) is 8.25. The number of esters is 1. The SMILES string of the molecule is COC(=O)c1ccc(-n2cc(NC(=O)c3coc(-c4ccnc(N(CC(F)(F)F)C(=O)OC(C)(C)C)c4)n3)c(N3CCN(CCO)C3=O)n2)cc1. The number of aliphatic hydroxyl groups is 1. The molecule has 4 aromatic rings. The number of rotatable bonds is 10. The average Bonchev–Trinajstić information content (AvgIpc) is 3.82. The van der Waals surface area contributed by atoms with Crippen LogP contribution in [0.2, 0.25) is 0 Å². The lowest BCUT2D eigenvalue weighted by Crippen LogP contribution is -2.42. The summed E-state index contributed by atoms with van der Waals surface area (Å²) in [7, 11) is 1.25. The summed E-state index contributed by atoms with van der Waals surface area (Å²) in [6.07, 6.45) is -2.44. The number of carbonyl (C=O) groups excluding carboxylic acids is 4. The number of benzene rings is 1. The lowest BCUT2D eigenvalue weighted by Gasteiger charge is -2.27. The van der Waals surface area contributed by atoms with Crippen molar-refractivity contribution in [3.8, 4) is 17.1 Å². The van der Waals surface area contributed by atoms with Crippen molar-refractivity contribution < 1.29 is 51.3 Å². The van der Waals surface area contributed by atoms with Crippen molar-refractivity contribution in [2.45, 2.75) is 32.5 Å². The fourth-order valence-corrected chi connectivity index (χ4v) is 4.89. The second-order valence-electron chi connectivity index (χ2n) is 12.1. The second-order valence-corrected chi connectivity index (χ2v) is 12.1. The Hall–Kier alpha value is -5.98. The molecule has 1 saturated heterocycles. The summed E-state index contributed by atoms with van der Waals surface area (Å²) in [5.41, 5.74) is -0.352. The molecule has 16 nitrogen and oxygen atoms in total. The first-order valence-electron chi connectivity index (χ1n) is 15.3. The Labute approximate surface area is 288 Å². The third kappa shape index (κ3) is 8.61. The van der Waals surface area contributed by atoms with Crippen molar-refractivity contribution in [3.63, 3.8) is 0 Å². The zero-order valence-corrected chi connectivity index (χ0v) is 27.8. The van der Waals surface area contributed by atoms with Gasteiger partial charge in [0, 0.05) is 31.4 Å². The molecule has 5 rings (SSSR count). The highest BCUT2D eigenvalue weighted by Gasteiger charge is 2.37. The number of hydrogen-bond acceptors (Lipinski definition) is 11. The molecule has 0 saturated carbocycles. The van der Waals surface area contributed by atoms with Crippen LogP contribution >= 0.6 is 0 Å². The normalized spacial score (nSPS) is 13.4. The van der Waals surface area contributed by atoms with Gasteiger partial charge in [0.1, 0.15) is 29.9 Å². The minimum absolute atomic E-state index is 0.0835. The molecule has 0 aliphatic carbocycles. The van der Waals surface area contributed by atoms with Crippen molar-refractivity contribution in [1.29, 1.82) is 0 Å². The Morgan fingerprint density at radius 2 is 1.82 bits per heavy atom. The highest BCUT2D eigenvalue weighted by molar-refractivity contribution is 6.06. The number of nitrogens with one attached hydrogen (secondary N) is 1. The van der Waals surface area contributed by atoms with Gasteiger partial charge in [-0.15, -0.1) is 5.10 Å². The molecule has 3 aromatic heterocycles. The maximum Gasteiger partial charge on any atom is 0.416 e. The fourth-order valence-electron chi connectivity index (χ4n) is 4.89. The van der Waals surface area contributed by atoms with Gasteiger partial charge in [-0.05, 0) is 57.2 Å². The van der Waals surface area contributed by atoms with E-state index in [1.165, 1.54) is 66.8 Å². The molecular weight excluding hydrogens is 681 g/mol. The van der Waals surface area contributed by atoms with Crippen LogP contribution in [0.15, 0.2) is 59.5 Å². The van der Waals surface area contributed by atoms with E-state index in [4.69, 9.17) is 13.9 Å². The predicted molar refractivity (Wildman–Crippen MR) is 174 cm³/mol. The number of oxazole rings is 1. The molecule has 1 fully saturated rings. The lowest BCUT2D eigenvalue weighted by molar-refractivity contribution is -0.119. The molecule has 0 radical (unpaired) electrons. The van der Waals surface area contributed by atoms with Crippen LogP contribution in [0.25, 0.3) is 17.1 Å². The van der Waals surface area contributed by atoms with Crippen LogP contribution < -0.4 is 15.1 Å². The molecule has 1 aromatic carbocycles. The molecule has 0 spiro atoms. The maximum absolute atomic E-state index is 13.5. The van der Waals surface area contributed by atoms with Gasteiger partial charge in [-0.25, -0.2) is 29.0 Å².